The molecule has 1 heterocycles. The number of nitrogens with one attached hydrogen (secondary N) is 1. The third-order valence-electron chi connectivity index (χ3n) is 2.93. The van der Waals surface area contributed by atoms with E-state index in [4.69, 9.17) is 5.11 Å². The van der Waals surface area contributed by atoms with E-state index in [-0.39, 0.29) is 11.6 Å². The van der Waals surface area contributed by atoms with E-state index < -0.39 is 17.9 Å². The standard InChI is InChI=1S/C13H22N4O3/c1-8(2)5-6-17-7-10(15-16-17)12(18)14-11(9(3)4)13(19)20/h7-9,11H,5-6H2,1-4H3,(H,14,18)(H,19,20)/t11-/m0/s1. The Balaban J connectivity index is 2.66. The van der Waals surface area contributed by atoms with Crippen molar-refractivity contribution in [1.82, 2.24) is 20.3 Å². The summed E-state index contributed by atoms with van der Waals surface area (Å²) in [5.41, 5.74) is 0.139. The van der Waals surface area contributed by atoms with Gasteiger partial charge in [0.05, 0.1) is 6.20 Å². The van der Waals surface area contributed by atoms with Crippen molar-refractivity contribution in [1.29, 1.82) is 0 Å². The predicted octanol–water partition coefficient (Wildman–Crippen LogP) is 1.16. The zero-order valence-electron chi connectivity index (χ0n) is 12.3. The van der Waals surface area contributed by atoms with Gasteiger partial charge in [0.15, 0.2) is 5.69 Å². The lowest BCUT2D eigenvalue weighted by Gasteiger charge is -2.16. The van der Waals surface area contributed by atoms with Gasteiger partial charge in [-0.3, -0.25) is 9.48 Å². The highest BCUT2D eigenvalue weighted by molar-refractivity contribution is 5.94. The number of carbonyl (C=O) groups excluding carboxylic acids is 1. The van der Waals surface area contributed by atoms with Gasteiger partial charge in [-0.15, -0.1) is 5.10 Å². The first-order chi connectivity index (χ1) is 9.31. The SMILES string of the molecule is CC(C)CCn1cc(C(=O)N[C@H](C(=O)O)C(C)C)nn1. The van der Waals surface area contributed by atoms with E-state index in [9.17, 15) is 9.59 Å². The molecule has 7 nitrogen and oxygen atoms in total. The number of carbonyl (C=O) groups is 2. The van der Waals surface area contributed by atoms with E-state index in [1.807, 2.05) is 0 Å². The van der Waals surface area contributed by atoms with Gasteiger partial charge in [0, 0.05) is 6.54 Å². The Bertz CT molecular complexity index is 468. The average Bonchev–Trinajstić information content (AvgIpc) is 2.81. The number of aryl methyl sites for hydroxylation is 1. The Morgan fingerprint density at radius 1 is 1.35 bits per heavy atom. The van der Waals surface area contributed by atoms with Crippen LogP contribution in [0.1, 0.15) is 44.6 Å². The number of aromatic nitrogens is 3. The van der Waals surface area contributed by atoms with Crippen molar-refractivity contribution < 1.29 is 14.7 Å². The first-order valence-electron chi connectivity index (χ1n) is 6.75. The van der Waals surface area contributed by atoms with Gasteiger partial charge in [0.1, 0.15) is 6.04 Å². The number of aliphatic carboxylic acids is 1. The summed E-state index contributed by atoms with van der Waals surface area (Å²) in [6.07, 6.45) is 2.48. The van der Waals surface area contributed by atoms with Crippen LogP contribution in [0.25, 0.3) is 0 Å². The third kappa shape index (κ3) is 4.64. The first kappa shape index (κ1) is 16.1. The molecule has 1 atom stereocenters. The Morgan fingerprint density at radius 3 is 2.50 bits per heavy atom. The summed E-state index contributed by atoms with van der Waals surface area (Å²) in [6, 6.07) is -0.927. The van der Waals surface area contributed by atoms with Crippen LogP contribution in [-0.4, -0.2) is 38.0 Å². The van der Waals surface area contributed by atoms with Crippen molar-refractivity contribution in [2.24, 2.45) is 11.8 Å². The molecule has 0 saturated carbocycles. The number of amides is 1. The number of carboxylic acids is 1. The lowest BCUT2D eigenvalue weighted by atomic mass is 10.0. The number of nitrogens with zero attached hydrogens (tertiary/aromatic N) is 3. The van der Waals surface area contributed by atoms with E-state index in [1.54, 1.807) is 18.5 Å². The summed E-state index contributed by atoms with van der Waals surface area (Å²) in [7, 11) is 0. The molecule has 2 N–H and O–H groups in total. The molecule has 1 rings (SSSR count). The monoisotopic (exact) mass is 282 g/mol. The molecular weight excluding hydrogens is 260 g/mol. The maximum absolute atomic E-state index is 11.9. The molecule has 7 heteroatoms. The van der Waals surface area contributed by atoms with Gasteiger partial charge < -0.3 is 10.4 Å². The Labute approximate surface area is 118 Å². The molecule has 1 amide bonds. The number of carboxylic acid groups (broad SMARTS) is 1. The van der Waals surface area contributed by atoms with Gasteiger partial charge in [-0.2, -0.15) is 0 Å². The second kappa shape index (κ2) is 7.02. The van der Waals surface area contributed by atoms with E-state index >= 15 is 0 Å². The van der Waals surface area contributed by atoms with Gasteiger partial charge in [-0.05, 0) is 18.3 Å². The van der Waals surface area contributed by atoms with Crippen molar-refractivity contribution in [2.75, 3.05) is 0 Å². The molecular formula is C13H22N4O3. The lowest BCUT2D eigenvalue weighted by molar-refractivity contribution is -0.140. The molecule has 0 aliphatic carbocycles. The van der Waals surface area contributed by atoms with Crippen LogP contribution in [0, 0.1) is 11.8 Å². The molecule has 0 bridgehead atoms. The minimum absolute atomic E-state index is 0.139. The highest BCUT2D eigenvalue weighted by atomic mass is 16.4. The van der Waals surface area contributed by atoms with E-state index in [2.05, 4.69) is 29.5 Å². The molecule has 1 aromatic rings. The van der Waals surface area contributed by atoms with Crippen LogP contribution in [0.15, 0.2) is 6.20 Å². The van der Waals surface area contributed by atoms with Crippen LogP contribution in [0.2, 0.25) is 0 Å². The van der Waals surface area contributed by atoms with Crippen molar-refractivity contribution in [2.45, 2.75) is 46.7 Å². The highest BCUT2D eigenvalue weighted by Gasteiger charge is 2.25. The minimum Gasteiger partial charge on any atom is -0.480 e. The molecule has 1 aromatic heterocycles. The van der Waals surface area contributed by atoms with Crippen LogP contribution < -0.4 is 5.32 Å². The molecule has 0 aliphatic heterocycles. The second-order valence-corrected chi connectivity index (χ2v) is 5.58. The molecule has 0 aromatic carbocycles. The first-order valence-corrected chi connectivity index (χ1v) is 6.75. The molecule has 0 spiro atoms. The third-order valence-corrected chi connectivity index (χ3v) is 2.93. The average molecular weight is 282 g/mol. The van der Waals surface area contributed by atoms with Crippen LogP contribution in [0.4, 0.5) is 0 Å². The summed E-state index contributed by atoms with van der Waals surface area (Å²) in [6.45, 7) is 8.36. The van der Waals surface area contributed by atoms with E-state index in [0.29, 0.717) is 12.5 Å². The van der Waals surface area contributed by atoms with Gasteiger partial charge in [-0.25, -0.2) is 4.79 Å². The van der Waals surface area contributed by atoms with Crippen LogP contribution in [-0.2, 0) is 11.3 Å². The molecule has 0 saturated heterocycles. The van der Waals surface area contributed by atoms with E-state index in [0.717, 1.165) is 6.42 Å². The maximum atomic E-state index is 11.9. The summed E-state index contributed by atoms with van der Waals surface area (Å²) in [5.74, 6) is -1.23. The van der Waals surface area contributed by atoms with Crippen LogP contribution >= 0.6 is 0 Å². The fourth-order valence-corrected chi connectivity index (χ4v) is 1.63. The van der Waals surface area contributed by atoms with Gasteiger partial charge in [0.2, 0.25) is 0 Å². The number of hydrogen-bond acceptors (Lipinski definition) is 4. The zero-order chi connectivity index (χ0) is 15.3. The summed E-state index contributed by atoms with van der Waals surface area (Å²) in [4.78, 5) is 23.0. The fourth-order valence-electron chi connectivity index (χ4n) is 1.63. The van der Waals surface area contributed by atoms with Crippen LogP contribution in [0.5, 0.6) is 0 Å². The Hall–Kier alpha value is -1.92. The van der Waals surface area contributed by atoms with Crippen molar-refractivity contribution >= 4 is 11.9 Å². The number of hydrogen-bond donors (Lipinski definition) is 2. The van der Waals surface area contributed by atoms with E-state index in [1.165, 1.54) is 6.20 Å². The van der Waals surface area contributed by atoms with Gasteiger partial charge in [-0.1, -0.05) is 32.9 Å². The number of rotatable bonds is 7. The second-order valence-electron chi connectivity index (χ2n) is 5.58. The summed E-state index contributed by atoms with van der Waals surface area (Å²) >= 11 is 0. The maximum Gasteiger partial charge on any atom is 0.326 e. The molecule has 20 heavy (non-hydrogen) atoms. The molecule has 112 valence electrons. The highest BCUT2D eigenvalue weighted by Crippen LogP contribution is 2.05. The van der Waals surface area contributed by atoms with Gasteiger partial charge >= 0.3 is 5.97 Å². The van der Waals surface area contributed by atoms with Gasteiger partial charge in [0.25, 0.3) is 5.91 Å². The van der Waals surface area contributed by atoms with Crippen molar-refractivity contribution in [3.05, 3.63) is 11.9 Å². The fraction of sp³-hybridized carbons (Fsp3) is 0.692. The molecule has 0 aliphatic rings. The van der Waals surface area contributed by atoms with Crippen molar-refractivity contribution in [3.63, 3.8) is 0 Å². The Morgan fingerprint density at radius 2 is 2.00 bits per heavy atom. The van der Waals surface area contributed by atoms with Crippen LogP contribution in [0.3, 0.4) is 0 Å². The quantitative estimate of drug-likeness (QED) is 0.782. The lowest BCUT2D eigenvalue weighted by Crippen LogP contribution is -2.44. The summed E-state index contributed by atoms with van der Waals surface area (Å²) < 4.78 is 1.60. The Kier molecular flexibility index (Phi) is 5.66. The normalized spacial score (nSPS) is 12.7. The minimum atomic E-state index is -1.06. The molecule has 0 fully saturated rings. The zero-order valence-corrected chi connectivity index (χ0v) is 12.3. The summed E-state index contributed by atoms with van der Waals surface area (Å²) in [5, 5.41) is 19.1. The largest absolute Gasteiger partial charge is 0.480 e. The molecule has 0 radical (unpaired) electrons. The smallest absolute Gasteiger partial charge is 0.326 e. The predicted molar refractivity (Wildman–Crippen MR) is 73.2 cm³/mol. The molecule has 0 unspecified atom stereocenters. The topological polar surface area (TPSA) is 97.1 Å². The van der Waals surface area contributed by atoms with Crippen molar-refractivity contribution in [3.8, 4) is 0 Å².